The van der Waals surface area contributed by atoms with E-state index in [4.69, 9.17) is 4.74 Å². The molecule has 0 fully saturated rings. The first kappa shape index (κ1) is 17.0. The fourth-order valence-electron chi connectivity index (χ4n) is 1.23. The Morgan fingerprint density at radius 3 is 2.41 bits per heavy atom. The van der Waals surface area contributed by atoms with E-state index in [1.807, 2.05) is 0 Å². The van der Waals surface area contributed by atoms with Crippen molar-refractivity contribution in [2.75, 3.05) is 7.11 Å². The Morgan fingerprint density at radius 1 is 1.53 bits per heavy atom. The summed E-state index contributed by atoms with van der Waals surface area (Å²) in [5.74, 6) is -0.251. The van der Waals surface area contributed by atoms with Gasteiger partial charge in [-0.05, 0) is 24.1 Å². The number of hydrogen-bond donors (Lipinski definition) is 0. The molecule has 0 heterocycles. The van der Waals surface area contributed by atoms with E-state index in [1.54, 1.807) is 0 Å². The molecule has 9 heteroatoms. The van der Waals surface area contributed by atoms with E-state index < -0.39 is 16.0 Å². The predicted octanol–water partition coefficient (Wildman–Crippen LogP) is -1.08. The maximum atomic E-state index is 10.9. The van der Waals surface area contributed by atoms with Crippen LogP contribution < -0.4 is 34.3 Å². The maximum absolute atomic E-state index is 10.9. The zero-order valence-electron chi connectivity index (χ0n) is 9.35. The summed E-state index contributed by atoms with van der Waals surface area (Å²) in [6.45, 7) is 1.50. The first-order valence-electron chi connectivity index (χ1n) is 4.00. The van der Waals surface area contributed by atoms with Crippen LogP contribution in [-0.4, -0.2) is 20.8 Å². The SMILES string of the molecule is COc1c(S(=O)[O-])cc(Br)c(C)c1[N+](=O)[O-].[Na+]. The van der Waals surface area contributed by atoms with Crippen LogP contribution in [0.4, 0.5) is 5.69 Å². The third-order valence-corrected chi connectivity index (χ3v) is 3.46. The van der Waals surface area contributed by atoms with Crippen LogP contribution in [0.3, 0.4) is 0 Å². The number of nitro groups is 1. The van der Waals surface area contributed by atoms with Gasteiger partial charge in [0.05, 0.1) is 16.9 Å². The minimum atomic E-state index is -2.60. The maximum Gasteiger partial charge on any atom is 1.00 e. The Hall–Kier alpha value is 0.0100. The van der Waals surface area contributed by atoms with Gasteiger partial charge in [-0.25, -0.2) is 0 Å². The molecule has 0 aliphatic carbocycles. The average molecular weight is 332 g/mol. The summed E-state index contributed by atoms with van der Waals surface area (Å²) in [6, 6.07) is 1.27. The normalized spacial score (nSPS) is 11.5. The summed E-state index contributed by atoms with van der Waals surface area (Å²) >= 11 is 0.468. The fraction of sp³-hybridized carbons (Fsp3) is 0.250. The van der Waals surface area contributed by atoms with Crippen LogP contribution >= 0.6 is 15.9 Å². The molecule has 0 saturated heterocycles. The summed E-state index contributed by atoms with van der Waals surface area (Å²) < 4.78 is 26.9. The van der Waals surface area contributed by atoms with Gasteiger partial charge in [-0.2, -0.15) is 0 Å². The molecule has 0 amide bonds. The number of nitrogens with zero attached hydrogens (tertiary/aromatic N) is 1. The second kappa shape index (κ2) is 6.81. The van der Waals surface area contributed by atoms with Gasteiger partial charge in [0.2, 0.25) is 5.75 Å². The second-order valence-corrected chi connectivity index (χ2v) is 4.62. The largest absolute Gasteiger partial charge is 1.00 e. The summed E-state index contributed by atoms with van der Waals surface area (Å²) in [5, 5.41) is 10.8. The van der Waals surface area contributed by atoms with Crippen molar-refractivity contribution in [3.05, 3.63) is 26.2 Å². The molecular formula is C8H7BrNNaO5S. The van der Waals surface area contributed by atoms with Crippen molar-refractivity contribution in [2.45, 2.75) is 11.8 Å². The summed E-state index contributed by atoms with van der Waals surface area (Å²) in [6.07, 6.45) is 0. The molecular weight excluding hydrogens is 325 g/mol. The molecule has 1 aromatic carbocycles. The van der Waals surface area contributed by atoms with Crippen molar-refractivity contribution < 1.29 is 48.0 Å². The molecule has 0 bridgehead atoms. The van der Waals surface area contributed by atoms with Crippen molar-refractivity contribution in [3.8, 4) is 5.75 Å². The second-order valence-electron chi connectivity index (χ2n) is 2.86. The van der Waals surface area contributed by atoms with Crippen molar-refractivity contribution in [1.82, 2.24) is 0 Å². The van der Waals surface area contributed by atoms with Gasteiger partial charge in [0.1, 0.15) is 0 Å². The first-order chi connectivity index (χ1) is 7.40. The summed E-state index contributed by atoms with van der Waals surface area (Å²) in [5.41, 5.74) is -0.0351. The van der Waals surface area contributed by atoms with Gasteiger partial charge in [-0.15, -0.1) is 0 Å². The number of benzene rings is 1. The molecule has 88 valence electrons. The topological polar surface area (TPSA) is 92.5 Å². The number of ether oxygens (including phenoxy) is 1. The van der Waals surface area contributed by atoms with Crippen LogP contribution in [0.5, 0.6) is 5.75 Å². The minimum absolute atomic E-state index is 0. The van der Waals surface area contributed by atoms with Gasteiger partial charge < -0.3 is 9.29 Å². The molecule has 1 atom stereocenters. The first-order valence-corrected chi connectivity index (χ1v) is 5.87. The molecule has 0 aromatic heterocycles. The van der Waals surface area contributed by atoms with Gasteiger partial charge in [-0.3, -0.25) is 14.3 Å². The average Bonchev–Trinajstić information content (AvgIpc) is 2.20. The number of hydrogen-bond acceptors (Lipinski definition) is 5. The molecule has 0 N–H and O–H groups in total. The molecule has 0 spiro atoms. The van der Waals surface area contributed by atoms with E-state index in [-0.39, 0.29) is 45.9 Å². The Labute approximate surface area is 131 Å². The summed E-state index contributed by atoms with van der Waals surface area (Å²) in [7, 11) is 1.19. The Bertz CT molecular complexity index is 481. The molecule has 6 nitrogen and oxygen atoms in total. The van der Waals surface area contributed by atoms with Crippen LogP contribution in [0.1, 0.15) is 5.56 Å². The van der Waals surface area contributed by atoms with E-state index >= 15 is 0 Å². The number of methoxy groups -OCH3 is 1. The van der Waals surface area contributed by atoms with Crippen molar-refractivity contribution >= 4 is 32.7 Å². The van der Waals surface area contributed by atoms with E-state index in [9.17, 15) is 18.9 Å². The van der Waals surface area contributed by atoms with Crippen LogP contribution in [0.2, 0.25) is 0 Å². The van der Waals surface area contributed by atoms with Crippen LogP contribution in [-0.2, 0) is 11.1 Å². The number of rotatable bonds is 3. The van der Waals surface area contributed by atoms with Crippen LogP contribution in [0.25, 0.3) is 0 Å². The van der Waals surface area contributed by atoms with Gasteiger partial charge >= 0.3 is 35.2 Å². The molecule has 1 rings (SSSR count). The monoisotopic (exact) mass is 331 g/mol. The number of nitro benzene ring substituents is 1. The quantitative estimate of drug-likeness (QED) is 0.304. The van der Waals surface area contributed by atoms with Crippen molar-refractivity contribution in [1.29, 1.82) is 0 Å². The van der Waals surface area contributed by atoms with E-state index in [0.717, 1.165) is 0 Å². The summed E-state index contributed by atoms with van der Waals surface area (Å²) in [4.78, 5) is 9.92. The zero-order chi connectivity index (χ0) is 12.5. The van der Waals surface area contributed by atoms with Crippen molar-refractivity contribution in [2.24, 2.45) is 0 Å². The number of halogens is 1. The smallest absolute Gasteiger partial charge is 0.768 e. The minimum Gasteiger partial charge on any atom is -0.768 e. The Kier molecular flexibility index (Phi) is 6.82. The standard InChI is InChI=1S/C8H8BrNO5S.Na/c1-4-5(9)3-6(16(13)14)8(15-2)7(4)10(11)12;/h3H,1-2H3,(H,13,14);/q;+1/p-1. The molecule has 0 saturated carbocycles. The molecule has 0 radical (unpaired) electrons. The molecule has 1 aromatic rings. The van der Waals surface area contributed by atoms with Crippen LogP contribution in [0.15, 0.2) is 15.4 Å². The molecule has 0 aliphatic heterocycles. The van der Waals surface area contributed by atoms with E-state index in [2.05, 4.69) is 15.9 Å². The Morgan fingerprint density at radius 2 is 2.06 bits per heavy atom. The van der Waals surface area contributed by atoms with Gasteiger partial charge in [0.25, 0.3) is 0 Å². The van der Waals surface area contributed by atoms with E-state index in [1.165, 1.54) is 20.1 Å². The molecule has 17 heavy (non-hydrogen) atoms. The Balaban J connectivity index is 0.00000256. The predicted molar refractivity (Wildman–Crippen MR) is 59.3 cm³/mol. The molecule has 1 unspecified atom stereocenters. The fourth-order valence-corrected chi connectivity index (χ4v) is 2.34. The molecule has 0 aliphatic rings. The van der Waals surface area contributed by atoms with Crippen molar-refractivity contribution in [3.63, 3.8) is 0 Å². The van der Waals surface area contributed by atoms with Gasteiger partial charge in [0, 0.05) is 10.0 Å². The van der Waals surface area contributed by atoms with Crippen LogP contribution in [0, 0.1) is 17.0 Å². The zero-order valence-corrected chi connectivity index (χ0v) is 13.8. The third-order valence-electron chi connectivity index (χ3n) is 1.98. The van der Waals surface area contributed by atoms with Gasteiger partial charge in [0.15, 0.2) is 0 Å². The van der Waals surface area contributed by atoms with Gasteiger partial charge in [-0.1, -0.05) is 15.9 Å². The van der Waals surface area contributed by atoms with E-state index in [0.29, 0.717) is 10.0 Å². The third kappa shape index (κ3) is 3.49.